The average Bonchev–Trinajstić information content (AvgIpc) is 3.55. The molecule has 10 aromatic rings. The lowest BCUT2D eigenvalue weighted by Crippen LogP contribution is -2.09. The minimum absolute atomic E-state index is 0.934. The van der Waals surface area contributed by atoms with Crippen molar-refractivity contribution in [3.63, 3.8) is 0 Å². The van der Waals surface area contributed by atoms with Gasteiger partial charge in [-0.2, -0.15) is 0 Å². The zero-order valence-electron chi connectivity index (χ0n) is 28.3. The summed E-state index contributed by atoms with van der Waals surface area (Å²) in [6.07, 6.45) is 3.78. The van der Waals surface area contributed by atoms with E-state index in [9.17, 15) is 0 Å². The zero-order valence-corrected chi connectivity index (χ0v) is 28.3. The number of nitrogens with zero attached hydrogens (tertiary/aromatic N) is 4. The molecular weight excluding hydrogens is 633 g/mol. The summed E-state index contributed by atoms with van der Waals surface area (Å²) in [7, 11) is 0. The minimum atomic E-state index is 0.934. The number of pyridine rings is 2. The molecule has 0 spiro atoms. The SMILES string of the molecule is c1ccc(N(c2ccccc2)c2ccc3c(c2)c2ccccc2n3-c2ccc(-c3ccc(-c4cnc5c(ccc6cccnc65)c4)cc3)cc2)cc1. The van der Waals surface area contributed by atoms with Crippen LogP contribution in [0.3, 0.4) is 0 Å². The molecule has 0 bridgehead atoms. The van der Waals surface area contributed by atoms with Gasteiger partial charge in [0.2, 0.25) is 0 Å². The molecule has 0 N–H and O–H groups in total. The molecule has 4 nitrogen and oxygen atoms in total. The Labute approximate surface area is 301 Å². The van der Waals surface area contributed by atoms with E-state index >= 15 is 0 Å². The zero-order chi connectivity index (χ0) is 34.4. The Morgan fingerprint density at radius 1 is 0.385 bits per heavy atom. The van der Waals surface area contributed by atoms with Crippen LogP contribution in [0.1, 0.15) is 0 Å². The molecule has 4 heteroatoms. The monoisotopic (exact) mass is 664 g/mol. The third kappa shape index (κ3) is 5.09. The van der Waals surface area contributed by atoms with Gasteiger partial charge in [-0.15, -0.1) is 0 Å². The molecule has 0 aliphatic carbocycles. The smallest absolute Gasteiger partial charge is 0.0964 e. The predicted molar refractivity (Wildman–Crippen MR) is 217 cm³/mol. The van der Waals surface area contributed by atoms with Gasteiger partial charge in [0.15, 0.2) is 0 Å². The molecule has 0 unspecified atom stereocenters. The Kier molecular flexibility index (Phi) is 7.10. The maximum absolute atomic E-state index is 4.82. The summed E-state index contributed by atoms with van der Waals surface area (Å²) in [5.74, 6) is 0. The maximum Gasteiger partial charge on any atom is 0.0964 e. The lowest BCUT2D eigenvalue weighted by Gasteiger charge is -2.25. The van der Waals surface area contributed by atoms with Crippen LogP contribution >= 0.6 is 0 Å². The Hall–Kier alpha value is -7.04. The van der Waals surface area contributed by atoms with Crippen molar-refractivity contribution in [1.82, 2.24) is 14.5 Å². The Balaban J connectivity index is 0.990. The summed E-state index contributed by atoms with van der Waals surface area (Å²) in [5, 5.41) is 4.64. The van der Waals surface area contributed by atoms with Crippen LogP contribution < -0.4 is 4.90 Å². The number of aromatic nitrogens is 3. The molecule has 0 saturated heterocycles. The van der Waals surface area contributed by atoms with Crippen molar-refractivity contribution in [2.75, 3.05) is 4.90 Å². The first-order valence-corrected chi connectivity index (χ1v) is 17.6. The van der Waals surface area contributed by atoms with Crippen LogP contribution in [0.25, 0.3) is 71.6 Å². The summed E-state index contributed by atoms with van der Waals surface area (Å²) in [4.78, 5) is 11.7. The maximum atomic E-state index is 4.82. The van der Waals surface area contributed by atoms with Crippen LogP contribution in [0, 0.1) is 0 Å². The molecule has 52 heavy (non-hydrogen) atoms. The van der Waals surface area contributed by atoms with Crippen molar-refractivity contribution in [3.8, 4) is 27.9 Å². The number of fused-ring (bicyclic) bond motifs is 6. The van der Waals surface area contributed by atoms with E-state index in [1.54, 1.807) is 0 Å². The van der Waals surface area contributed by atoms with E-state index in [0.29, 0.717) is 0 Å². The van der Waals surface area contributed by atoms with Gasteiger partial charge >= 0.3 is 0 Å². The molecule has 0 fully saturated rings. The average molecular weight is 665 g/mol. The fraction of sp³-hybridized carbons (Fsp3) is 0. The highest BCUT2D eigenvalue weighted by Crippen LogP contribution is 2.40. The molecule has 0 saturated carbocycles. The quantitative estimate of drug-likeness (QED) is 0.166. The van der Waals surface area contributed by atoms with Crippen LogP contribution in [-0.2, 0) is 0 Å². The van der Waals surface area contributed by atoms with E-state index in [-0.39, 0.29) is 0 Å². The topological polar surface area (TPSA) is 34.0 Å². The van der Waals surface area contributed by atoms with Gasteiger partial charge in [0.1, 0.15) is 0 Å². The lowest BCUT2D eigenvalue weighted by molar-refractivity contribution is 1.18. The van der Waals surface area contributed by atoms with Gasteiger partial charge in [-0.25, -0.2) is 0 Å². The Morgan fingerprint density at radius 3 is 1.71 bits per heavy atom. The molecule has 0 radical (unpaired) electrons. The number of rotatable bonds is 6. The van der Waals surface area contributed by atoms with Crippen molar-refractivity contribution < 1.29 is 0 Å². The standard InChI is InChI=1S/C48H32N4/c1-3-11-39(12-4-1)51(40-13-5-2-6-14-40)42-27-28-46-44(31-42)43-15-7-8-16-45(43)52(46)41-25-23-34(24-26-41)33-17-19-35(20-18-33)38-30-37-22-21-36-10-9-29-49-47(36)48(37)50-32-38/h1-32H. The van der Waals surface area contributed by atoms with Gasteiger partial charge < -0.3 is 9.47 Å². The van der Waals surface area contributed by atoms with Crippen LogP contribution in [0.15, 0.2) is 194 Å². The van der Waals surface area contributed by atoms with Crippen molar-refractivity contribution in [1.29, 1.82) is 0 Å². The van der Waals surface area contributed by atoms with Crippen LogP contribution in [0.4, 0.5) is 17.1 Å². The summed E-state index contributed by atoms with van der Waals surface area (Å²) in [5.41, 5.74) is 13.3. The highest BCUT2D eigenvalue weighted by atomic mass is 15.1. The fourth-order valence-electron chi connectivity index (χ4n) is 7.53. The highest BCUT2D eigenvalue weighted by Gasteiger charge is 2.17. The molecular formula is C48H32N4. The van der Waals surface area contributed by atoms with Gasteiger partial charge in [0.05, 0.1) is 22.1 Å². The van der Waals surface area contributed by atoms with E-state index in [1.165, 1.54) is 32.9 Å². The van der Waals surface area contributed by atoms with Crippen molar-refractivity contribution in [2.24, 2.45) is 0 Å². The molecule has 10 rings (SSSR count). The largest absolute Gasteiger partial charge is 0.310 e. The Morgan fingerprint density at radius 2 is 0.981 bits per heavy atom. The number of hydrogen-bond acceptors (Lipinski definition) is 3. The summed E-state index contributed by atoms with van der Waals surface area (Å²) in [6.45, 7) is 0. The Bertz CT molecular complexity index is 2840. The second-order valence-electron chi connectivity index (χ2n) is 13.1. The molecule has 7 aromatic carbocycles. The number of benzene rings is 7. The second-order valence-corrected chi connectivity index (χ2v) is 13.1. The predicted octanol–water partition coefficient (Wildman–Crippen LogP) is 12.7. The first-order chi connectivity index (χ1) is 25.8. The summed E-state index contributed by atoms with van der Waals surface area (Å²) in [6, 6.07) is 64.8. The summed E-state index contributed by atoms with van der Waals surface area (Å²) >= 11 is 0. The van der Waals surface area contributed by atoms with Crippen LogP contribution in [0.5, 0.6) is 0 Å². The van der Waals surface area contributed by atoms with E-state index in [1.807, 2.05) is 18.5 Å². The van der Waals surface area contributed by atoms with E-state index in [2.05, 4.69) is 190 Å². The molecule has 0 amide bonds. The third-order valence-corrected chi connectivity index (χ3v) is 10.0. The molecule has 3 heterocycles. The van der Waals surface area contributed by atoms with E-state index in [0.717, 1.165) is 55.7 Å². The fourth-order valence-corrected chi connectivity index (χ4v) is 7.53. The number of para-hydroxylation sites is 3. The third-order valence-electron chi connectivity index (χ3n) is 10.0. The van der Waals surface area contributed by atoms with Crippen LogP contribution in [-0.4, -0.2) is 14.5 Å². The van der Waals surface area contributed by atoms with Gasteiger partial charge in [-0.1, -0.05) is 109 Å². The van der Waals surface area contributed by atoms with Gasteiger partial charge in [0.25, 0.3) is 0 Å². The van der Waals surface area contributed by atoms with E-state index in [4.69, 9.17) is 4.98 Å². The first kappa shape index (κ1) is 29.8. The van der Waals surface area contributed by atoms with E-state index < -0.39 is 0 Å². The lowest BCUT2D eigenvalue weighted by atomic mass is 10.00. The molecule has 3 aromatic heterocycles. The normalized spacial score (nSPS) is 11.5. The molecule has 244 valence electrons. The van der Waals surface area contributed by atoms with Crippen LogP contribution in [0.2, 0.25) is 0 Å². The molecule has 0 atom stereocenters. The number of hydrogen-bond donors (Lipinski definition) is 0. The van der Waals surface area contributed by atoms with Gasteiger partial charge in [-0.05, 0) is 89.5 Å². The number of anilines is 3. The minimum Gasteiger partial charge on any atom is -0.310 e. The van der Waals surface area contributed by atoms with Crippen molar-refractivity contribution in [3.05, 3.63) is 194 Å². The summed E-state index contributed by atoms with van der Waals surface area (Å²) < 4.78 is 2.38. The van der Waals surface area contributed by atoms with Crippen molar-refractivity contribution >= 4 is 60.7 Å². The first-order valence-electron chi connectivity index (χ1n) is 17.6. The van der Waals surface area contributed by atoms with Crippen molar-refractivity contribution in [2.45, 2.75) is 0 Å². The highest BCUT2D eigenvalue weighted by molar-refractivity contribution is 6.11. The van der Waals surface area contributed by atoms with Gasteiger partial charge in [-0.3, -0.25) is 9.97 Å². The second kappa shape index (κ2) is 12.4. The van der Waals surface area contributed by atoms with Gasteiger partial charge in [0, 0.05) is 62.3 Å². The molecule has 0 aliphatic rings. The molecule has 0 aliphatic heterocycles.